The second-order valence-corrected chi connectivity index (χ2v) is 14.6. The number of aromatic nitrogens is 6. The number of benzene rings is 4. The van der Waals surface area contributed by atoms with Crippen molar-refractivity contribution in [2.75, 3.05) is 57.2 Å². The SMILES string of the molecule is CC(O)CN(CC(C)O)c1nc(Nc2ccccc2)nc(Nc2ccc(/C=C/c3ccc(Nc4nc(Nc5ccccc5)nc(N(CC(C)O)CC(C)O)n4)cc3)cc2)n1. The number of aliphatic hydroxyl groups is 4. The number of para-hydroxylation sites is 2. The predicted octanol–water partition coefficient (Wildman–Crippen LogP) is 6.34. The molecule has 4 aromatic carbocycles. The van der Waals surface area contributed by atoms with Crippen molar-refractivity contribution in [1.82, 2.24) is 29.9 Å². The van der Waals surface area contributed by atoms with Crippen LogP contribution in [0.5, 0.6) is 0 Å². The van der Waals surface area contributed by atoms with E-state index in [0.29, 0.717) is 35.7 Å². The topological polar surface area (TPSA) is 213 Å². The van der Waals surface area contributed by atoms with Crippen molar-refractivity contribution in [3.05, 3.63) is 120 Å². The van der Waals surface area contributed by atoms with Gasteiger partial charge in [0, 0.05) is 48.9 Å². The summed E-state index contributed by atoms with van der Waals surface area (Å²) >= 11 is 0. The third-order valence-electron chi connectivity index (χ3n) is 8.61. The minimum Gasteiger partial charge on any atom is -0.392 e. The van der Waals surface area contributed by atoms with Crippen LogP contribution in [0.4, 0.5) is 58.4 Å². The van der Waals surface area contributed by atoms with E-state index in [-0.39, 0.29) is 26.2 Å². The molecule has 0 radical (unpaired) electrons. The highest BCUT2D eigenvalue weighted by atomic mass is 16.3. The molecule has 0 saturated heterocycles. The standard InChI is InChI=1S/C44H52N12O4/c1-29(57)25-55(26-30(2)58)43-51-39(45-35-11-7-5-8-12-35)49-41(53-43)47-37-21-17-33(18-22-37)15-16-34-19-23-38(24-20-34)48-42-50-40(46-36-13-9-6-10-14-36)52-44(54-42)56(27-31(3)59)28-32(4)60/h5-24,29-32,57-60H,25-28H2,1-4H3,(H2,45,47,49,51,53)(H2,46,48,50,52,54)/b16-15+. The minimum atomic E-state index is -0.675. The fourth-order valence-corrected chi connectivity index (χ4v) is 6.09. The van der Waals surface area contributed by atoms with Crippen LogP contribution in [-0.2, 0) is 0 Å². The molecule has 0 saturated carbocycles. The Kier molecular flexibility index (Phi) is 14.9. The molecular formula is C44H52N12O4. The maximum atomic E-state index is 10.2. The van der Waals surface area contributed by atoms with Gasteiger partial charge in [-0.2, -0.15) is 29.9 Å². The van der Waals surface area contributed by atoms with Gasteiger partial charge in [-0.3, -0.25) is 0 Å². The molecule has 0 fully saturated rings. The summed E-state index contributed by atoms with van der Waals surface area (Å²) in [6.45, 7) is 7.60. The largest absolute Gasteiger partial charge is 0.392 e. The zero-order valence-corrected chi connectivity index (χ0v) is 34.1. The molecule has 16 nitrogen and oxygen atoms in total. The van der Waals surface area contributed by atoms with Crippen molar-refractivity contribution in [3.8, 4) is 0 Å². The molecule has 6 aromatic rings. The lowest BCUT2D eigenvalue weighted by Crippen LogP contribution is -2.37. The van der Waals surface area contributed by atoms with Crippen molar-refractivity contribution in [2.24, 2.45) is 0 Å². The Morgan fingerprint density at radius 1 is 0.400 bits per heavy atom. The van der Waals surface area contributed by atoms with Gasteiger partial charge in [0.05, 0.1) is 24.4 Å². The Hall–Kier alpha value is -6.72. The van der Waals surface area contributed by atoms with E-state index in [9.17, 15) is 20.4 Å². The molecule has 0 aliphatic rings. The van der Waals surface area contributed by atoms with Crippen LogP contribution >= 0.6 is 0 Å². The van der Waals surface area contributed by atoms with Gasteiger partial charge in [-0.05, 0) is 87.4 Å². The molecule has 4 atom stereocenters. The molecule has 6 rings (SSSR count). The molecule has 312 valence electrons. The summed E-state index contributed by atoms with van der Waals surface area (Å²) in [5, 5.41) is 53.7. The number of hydrogen-bond acceptors (Lipinski definition) is 16. The number of anilines is 10. The average Bonchev–Trinajstić information content (AvgIpc) is 3.20. The van der Waals surface area contributed by atoms with E-state index in [0.717, 1.165) is 33.9 Å². The Balaban J connectivity index is 1.15. The normalized spacial score (nSPS) is 13.3. The van der Waals surface area contributed by atoms with Crippen molar-refractivity contribution in [2.45, 2.75) is 52.1 Å². The Morgan fingerprint density at radius 3 is 0.933 bits per heavy atom. The molecule has 0 spiro atoms. The summed E-state index contributed by atoms with van der Waals surface area (Å²) in [6.07, 6.45) is 1.32. The highest BCUT2D eigenvalue weighted by Crippen LogP contribution is 2.24. The molecule has 8 N–H and O–H groups in total. The van der Waals surface area contributed by atoms with Gasteiger partial charge in [0.25, 0.3) is 0 Å². The maximum Gasteiger partial charge on any atom is 0.233 e. The fraction of sp³-hybridized carbons (Fsp3) is 0.273. The Bertz CT molecular complexity index is 2080. The van der Waals surface area contributed by atoms with Crippen LogP contribution in [0.2, 0.25) is 0 Å². The smallest absolute Gasteiger partial charge is 0.233 e. The molecule has 4 unspecified atom stereocenters. The number of nitrogens with one attached hydrogen (secondary N) is 4. The molecule has 0 bridgehead atoms. The first-order valence-electron chi connectivity index (χ1n) is 19.7. The molecule has 16 heteroatoms. The van der Waals surface area contributed by atoms with Crippen LogP contribution in [0.3, 0.4) is 0 Å². The minimum absolute atomic E-state index is 0.225. The van der Waals surface area contributed by atoms with Crippen LogP contribution in [0.1, 0.15) is 38.8 Å². The third-order valence-corrected chi connectivity index (χ3v) is 8.61. The zero-order valence-electron chi connectivity index (χ0n) is 34.1. The second kappa shape index (κ2) is 20.8. The Labute approximate surface area is 349 Å². The van der Waals surface area contributed by atoms with Gasteiger partial charge < -0.3 is 51.5 Å². The van der Waals surface area contributed by atoms with Gasteiger partial charge in [0.15, 0.2) is 0 Å². The molecule has 2 heterocycles. The summed E-state index contributed by atoms with van der Waals surface area (Å²) in [5.41, 5.74) is 5.06. The first-order valence-corrected chi connectivity index (χ1v) is 19.7. The number of aliphatic hydroxyl groups excluding tert-OH is 4. The van der Waals surface area contributed by atoms with E-state index >= 15 is 0 Å². The van der Waals surface area contributed by atoms with Crippen LogP contribution in [0, 0.1) is 0 Å². The number of rotatable bonds is 20. The lowest BCUT2D eigenvalue weighted by molar-refractivity contribution is 0.176. The van der Waals surface area contributed by atoms with E-state index < -0.39 is 24.4 Å². The summed E-state index contributed by atoms with van der Waals surface area (Å²) in [4.78, 5) is 31.1. The summed E-state index contributed by atoms with van der Waals surface area (Å²) in [7, 11) is 0. The van der Waals surface area contributed by atoms with Crippen molar-refractivity contribution < 1.29 is 20.4 Å². The second-order valence-electron chi connectivity index (χ2n) is 14.6. The van der Waals surface area contributed by atoms with Crippen LogP contribution in [0.15, 0.2) is 109 Å². The van der Waals surface area contributed by atoms with Gasteiger partial charge in [-0.1, -0.05) is 72.8 Å². The monoisotopic (exact) mass is 812 g/mol. The maximum absolute atomic E-state index is 10.2. The highest BCUT2D eigenvalue weighted by molar-refractivity contribution is 5.72. The summed E-state index contributed by atoms with van der Waals surface area (Å²) in [6, 6.07) is 34.7. The van der Waals surface area contributed by atoms with E-state index in [2.05, 4.69) is 51.2 Å². The molecule has 0 amide bonds. The predicted molar refractivity (Wildman–Crippen MR) is 239 cm³/mol. The van der Waals surface area contributed by atoms with Gasteiger partial charge in [-0.25, -0.2) is 0 Å². The molecule has 2 aromatic heterocycles. The van der Waals surface area contributed by atoms with E-state index in [1.165, 1.54) is 0 Å². The lowest BCUT2D eigenvalue weighted by Gasteiger charge is -2.26. The molecule has 0 aliphatic carbocycles. The quantitative estimate of drug-likeness (QED) is 0.0395. The Morgan fingerprint density at radius 2 is 0.667 bits per heavy atom. The van der Waals surface area contributed by atoms with E-state index in [4.69, 9.17) is 0 Å². The van der Waals surface area contributed by atoms with Gasteiger partial charge in [-0.15, -0.1) is 0 Å². The molecule has 60 heavy (non-hydrogen) atoms. The van der Waals surface area contributed by atoms with Crippen molar-refractivity contribution in [3.63, 3.8) is 0 Å². The summed E-state index contributed by atoms with van der Waals surface area (Å²) < 4.78 is 0. The third kappa shape index (κ3) is 13.4. The first-order chi connectivity index (χ1) is 28.9. The zero-order chi connectivity index (χ0) is 42.4. The van der Waals surface area contributed by atoms with Crippen molar-refractivity contribution in [1.29, 1.82) is 0 Å². The highest BCUT2D eigenvalue weighted by Gasteiger charge is 2.20. The van der Waals surface area contributed by atoms with Gasteiger partial charge in [0.2, 0.25) is 35.7 Å². The van der Waals surface area contributed by atoms with E-state index in [1.54, 1.807) is 37.5 Å². The first kappa shape index (κ1) is 42.9. The summed E-state index contributed by atoms with van der Waals surface area (Å²) in [5.74, 6) is 1.83. The van der Waals surface area contributed by atoms with Crippen molar-refractivity contribution >= 4 is 70.6 Å². The van der Waals surface area contributed by atoms with Crippen LogP contribution in [0.25, 0.3) is 12.2 Å². The van der Waals surface area contributed by atoms with Gasteiger partial charge in [0.1, 0.15) is 0 Å². The van der Waals surface area contributed by atoms with Crippen LogP contribution in [-0.4, -0.2) is 101 Å². The lowest BCUT2D eigenvalue weighted by atomic mass is 10.1. The van der Waals surface area contributed by atoms with E-state index in [1.807, 2.05) is 121 Å². The number of hydrogen-bond donors (Lipinski definition) is 8. The molecule has 0 aliphatic heterocycles. The van der Waals surface area contributed by atoms with Gasteiger partial charge >= 0.3 is 0 Å². The fourth-order valence-electron chi connectivity index (χ4n) is 6.09. The molecular weight excluding hydrogens is 761 g/mol. The van der Waals surface area contributed by atoms with Crippen LogP contribution < -0.4 is 31.1 Å². The number of nitrogens with zero attached hydrogens (tertiary/aromatic N) is 8. The average molecular weight is 813 g/mol.